The van der Waals surface area contributed by atoms with Gasteiger partial charge in [-0.2, -0.15) is 0 Å². The first kappa shape index (κ1) is 8.93. The first-order valence-electron chi connectivity index (χ1n) is 1.06. The largest absolute Gasteiger partial charge is 1.00 e. The zero-order valence-corrected chi connectivity index (χ0v) is 3.62. The Morgan fingerprint density at radius 3 is 1.80 bits per heavy atom. The maximum Gasteiger partial charge on any atom is 1.00 e. The second-order valence-electron chi connectivity index (χ2n) is 0.702. The Labute approximate surface area is 43.9 Å². The minimum atomic E-state index is -0.0833. The van der Waals surface area contributed by atoms with Crippen molar-refractivity contribution in [2.24, 2.45) is 0 Å². The third-order valence-corrected chi connectivity index (χ3v) is 0. The van der Waals surface area contributed by atoms with Crippen LogP contribution >= 0.6 is 0 Å². The molecule has 0 aromatic heterocycles. The van der Waals surface area contributed by atoms with Crippen LogP contribution in [0.2, 0.25) is 0 Å². The van der Waals surface area contributed by atoms with Crippen LogP contribution in [0.5, 0.6) is 0 Å². The third-order valence-electron chi connectivity index (χ3n) is 0. The average molecular weight is 64.0 g/mol. The van der Waals surface area contributed by atoms with Crippen LogP contribution in [0.25, 0.3) is 0 Å². The molecule has 1 nitrogen and oxygen atoms in total. The molecule has 0 aromatic carbocycles. The van der Waals surface area contributed by atoms with Gasteiger partial charge in [-0.25, -0.2) is 0 Å². The van der Waals surface area contributed by atoms with Gasteiger partial charge in [0.2, 0.25) is 0 Å². The van der Waals surface area contributed by atoms with Gasteiger partial charge in [0.1, 0.15) is 0 Å². The normalized spacial score (nSPS) is 5.00. The smallest absolute Gasteiger partial charge is 0.876 e. The van der Waals surface area contributed by atoms with Crippen molar-refractivity contribution in [2.45, 2.75) is 6.92 Å². The Kier molecular flexibility index (Phi) is 7.39. The van der Waals surface area contributed by atoms with E-state index < -0.39 is 0 Å². The zero-order chi connectivity index (χ0) is 3.58. The predicted molar refractivity (Wildman–Crippen MR) is 14.8 cm³/mol. The zero-order valence-electron chi connectivity index (χ0n) is 3.62. The Morgan fingerprint density at radius 1 is 1.80 bits per heavy atom. The summed E-state index contributed by atoms with van der Waals surface area (Å²) in [7, 11) is 0. The van der Waals surface area contributed by atoms with Gasteiger partial charge in [-0.3, -0.25) is 0 Å². The molecular weight excluding hydrogens is 59.0 g/mol. The minimum absolute atomic E-state index is 0. The molecule has 0 aromatic rings. The van der Waals surface area contributed by atoms with Crippen molar-refractivity contribution in [3.63, 3.8) is 0 Å². The van der Waals surface area contributed by atoms with Crippen LogP contribution in [-0.2, 0) is 0 Å². The number of allylic oxidation sites excluding steroid dienone is 1. The van der Waals surface area contributed by atoms with Crippen molar-refractivity contribution in [1.82, 2.24) is 0 Å². The van der Waals surface area contributed by atoms with E-state index in [-0.39, 0.29) is 24.6 Å². The van der Waals surface area contributed by atoms with E-state index in [9.17, 15) is 5.11 Å². The minimum Gasteiger partial charge on any atom is -0.876 e. The second-order valence-corrected chi connectivity index (χ2v) is 0.702. The fraction of sp³-hybridized carbons (Fsp3) is 0.333. The monoisotopic (exact) mass is 64.1 g/mol. The molecule has 0 radical (unpaired) electrons. The Hall–Kier alpha value is 0.137. The molecule has 2 heteroatoms. The first-order chi connectivity index (χ1) is 1.73. The molecule has 0 bridgehead atoms. The Balaban J connectivity index is 0. The number of hydrogen-bond acceptors (Lipinski definition) is 1. The van der Waals surface area contributed by atoms with E-state index >= 15 is 0 Å². The Bertz CT molecular complexity index is 29.9. The van der Waals surface area contributed by atoms with E-state index in [0.29, 0.717) is 0 Å². The van der Waals surface area contributed by atoms with Crippen LogP contribution in [0.3, 0.4) is 0 Å². The summed E-state index contributed by atoms with van der Waals surface area (Å²) >= 11 is 0. The second kappa shape index (κ2) is 4.14. The van der Waals surface area contributed by atoms with E-state index in [4.69, 9.17) is 0 Å². The molecule has 0 aliphatic rings. The van der Waals surface area contributed by atoms with E-state index in [2.05, 4.69) is 6.58 Å². The van der Waals surface area contributed by atoms with Gasteiger partial charge in [0.15, 0.2) is 0 Å². The van der Waals surface area contributed by atoms with Gasteiger partial charge >= 0.3 is 18.9 Å². The van der Waals surface area contributed by atoms with E-state index in [1.54, 1.807) is 0 Å². The Morgan fingerprint density at radius 2 is 1.80 bits per heavy atom. The quantitative estimate of drug-likeness (QED) is 0.216. The molecule has 0 rings (SSSR count). The van der Waals surface area contributed by atoms with E-state index in [0.717, 1.165) is 0 Å². The molecular formula is C3H5LiO. The van der Waals surface area contributed by atoms with E-state index in [1.165, 1.54) is 6.92 Å². The molecule has 0 aliphatic carbocycles. The van der Waals surface area contributed by atoms with Gasteiger partial charge in [0, 0.05) is 0 Å². The molecule has 0 fully saturated rings. The van der Waals surface area contributed by atoms with Crippen molar-refractivity contribution in [2.75, 3.05) is 0 Å². The molecule has 5 heavy (non-hydrogen) atoms. The number of hydrogen-bond donors (Lipinski definition) is 0. The number of rotatable bonds is 0. The first-order valence-corrected chi connectivity index (χ1v) is 1.06. The molecule has 0 amide bonds. The maximum atomic E-state index is 9.33. The molecule has 0 saturated heterocycles. The summed E-state index contributed by atoms with van der Waals surface area (Å²) in [5.74, 6) is -0.0833. The van der Waals surface area contributed by atoms with Gasteiger partial charge in [-0.15, -0.1) is 12.3 Å². The van der Waals surface area contributed by atoms with Crippen LogP contribution in [0.4, 0.5) is 0 Å². The molecule has 0 N–H and O–H groups in total. The molecule has 0 spiro atoms. The van der Waals surface area contributed by atoms with Crippen LogP contribution in [0.1, 0.15) is 6.92 Å². The van der Waals surface area contributed by atoms with Crippen molar-refractivity contribution in [1.29, 1.82) is 0 Å². The molecule has 0 heterocycles. The molecule has 0 unspecified atom stereocenters. The van der Waals surface area contributed by atoms with Gasteiger partial charge in [0.05, 0.1) is 0 Å². The maximum absolute atomic E-state index is 9.33. The molecule has 0 atom stereocenters. The molecule has 24 valence electrons. The van der Waals surface area contributed by atoms with E-state index in [1.807, 2.05) is 0 Å². The SMILES string of the molecule is C=C(C)[O-].[Li+]. The van der Waals surface area contributed by atoms with Gasteiger partial charge in [-0.05, 0) is 0 Å². The van der Waals surface area contributed by atoms with Crippen LogP contribution in [0.15, 0.2) is 12.3 Å². The fourth-order valence-electron chi connectivity index (χ4n) is 0. The summed E-state index contributed by atoms with van der Waals surface area (Å²) in [6.45, 7) is 4.42. The summed E-state index contributed by atoms with van der Waals surface area (Å²) in [5, 5.41) is 9.33. The van der Waals surface area contributed by atoms with Crippen molar-refractivity contribution in [3.05, 3.63) is 12.3 Å². The fourth-order valence-corrected chi connectivity index (χ4v) is 0. The summed E-state index contributed by atoms with van der Waals surface area (Å²) in [6.07, 6.45) is 0. The summed E-state index contributed by atoms with van der Waals surface area (Å²) in [5.41, 5.74) is 0. The van der Waals surface area contributed by atoms with Crippen LogP contribution < -0.4 is 24.0 Å². The van der Waals surface area contributed by atoms with Crippen molar-refractivity contribution in [3.8, 4) is 0 Å². The van der Waals surface area contributed by atoms with Crippen molar-refractivity contribution >= 4 is 0 Å². The topological polar surface area (TPSA) is 23.1 Å². The average Bonchev–Trinajstić information content (AvgIpc) is 0.811. The summed E-state index contributed by atoms with van der Waals surface area (Å²) in [4.78, 5) is 0. The standard InChI is InChI=1S/C3H6O.Li/c1-3(2)4;/h4H,1H2,2H3;/q;+1/p-1. The molecule has 0 saturated carbocycles. The summed E-state index contributed by atoms with van der Waals surface area (Å²) < 4.78 is 0. The van der Waals surface area contributed by atoms with Gasteiger partial charge in [-0.1, -0.05) is 6.92 Å². The van der Waals surface area contributed by atoms with Gasteiger partial charge in [0.25, 0.3) is 0 Å². The summed E-state index contributed by atoms with van der Waals surface area (Å²) in [6, 6.07) is 0. The van der Waals surface area contributed by atoms with Crippen LogP contribution in [-0.4, -0.2) is 0 Å². The predicted octanol–water partition coefficient (Wildman–Crippen LogP) is -3.12. The van der Waals surface area contributed by atoms with Gasteiger partial charge < -0.3 is 5.11 Å². The molecule has 0 aliphatic heterocycles. The third kappa shape index (κ3) is 1000. The van der Waals surface area contributed by atoms with Crippen molar-refractivity contribution < 1.29 is 24.0 Å². The van der Waals surface area contributed by atoms with Crippen LogP contribution in [0, 0.1) is 0 Å².